The molecule has 8 heteroatoms. The monoisotopic (exact) mass is 306 g/mol. The highest BCUT2D eigenvalue weighted by atomic mass is 32.2. The minimum Gasteiger partial charge on any atom is -0.347 e. The van der Waals surface area contributed by atoms with Crippen LogP contribution in [0.15, 0.2) is 25.3 Å². The number of hydrogen-bond acceptors (Lipinski definition) is 4. The van der Waals surface area contributed by atoms with Crippen molar-refractivity contribution in [1.29, 1.82) is 0 Å². The van der Waals surface area contributed by atoms with E-state index in [1.54, 1.807) is 14.1 Å². The molecule has 0 aliphatic rings. The number of carbonyl (C=O) groups excluding carboxylic acids is 2. The molecular formula is C12H22N2O5S. The lowest BCUT2D eigenvalue weighted by Crippen LogP contribution is -2.47. The number of rotatable bonds is 5. The quantitative estimate of drug-likeness (QED) is 0.558. The van der Waals surface area contributed by atoms with Crippen LogP contribution in [0.5, 0.6) is 0 Å². The van der Waals surface area contributed by atoms with E-state index in [-0.39, 0.29) is 5.91 Å². The van der Waals surface area contributed by atoms with Gasteiger partial charge in [-0.2, -0.15) is 8.42 Å². The Labute approximate surface area is 120 Å². The molecule has 0 rings (SSSR count). The Kier molecular flexibility index (Phi) is 8.76. The maximum Gasteiger partial charge on any atom is 0.267 e. The molecule has 0 spiro atoms. The standard InChI is InChI=1S/C7H13NO4S.C5H9NO/c1-4-6(9)8-7(2,3)5-13(10,11)12;1-4-5(7)6(2)3/h4H,1,5H2,2-3H3,(H,8,9)(H,10,11,12);4H,1H2,2-3H3. The van der Waals surface area contributed by atoms with Crippen LogP contribution in [-0.2, 0) is 19.7 Å². The summed E-state index contributed by atoms with van der Waals surface area (Å²) < 4.78 is 29.5. The second kappa shape index (κ2) is 8.49. The summed E-state index contributed by atoms with van der Waals surface area (Å²) in [4.78, 5) is 22.6. The van der Waals surface area contributed by atoms with Gasteiger partial charge in [0.05, 0.1) is 11.3 Å². The van der Waals surface area contributed by atoms with Crippen LogP contribution in [0.4, 0.5) is 0 Å². The van der Waals surface area contributed by atoms with Crippen molar-refractivity contribution in [2.75, 3.05) is 19.8 Å². The van der Waals surface area contributed by atoms with Crippen LogP contribution in [-0.4, -0.2) is 55.1 Å². The zero-order valence-corrected chi connectivity index (χ0v) is 13.0. The molecule has 0 aromatic carbocycles. The van der Waals surface area contributed by atoms with Crippen LogP contribution in [0.25, 0.3) is 0 Å². The molecule has 0 unspecified atom stereocenters. The second-order valence-electron chi connectivity index (χ2n) is 4.74. The van der Waals surface area contributed by atoms with Crippen LogP contribution in [0.2, 0.25) is 0 Å². The van der Waals surface area contributed by atoms with Gasteiger partial charge in [0.1, 0.15) is 0 Å². The van der Waals surface area contributed by atoms with Crippen molar-refractivity contribution in [3.63, 3.8) is 0 Å². The fourth-order valence-electron chi connectivity index (χ4n) is 1.06. The maximum absolute atomic E-state index is 10.8. The van der Waals surface area contributed by atoms with E-state index in [0.717, 1.165) is 6.08 Å². The number of hydrogen-bond donors (Lipinski definition) is 2. The molecule has 2 amide bonds. The van der Waals surface area contributed by atoms with Gasteiger partial charge in [-0.1, -0.05) is 13.2 Å². The van der Waals surface area contributed by atoms with Gasteiger partial charge in [0, 0.05) is 14.1 Å². The number of amides is 2. The minimum atomic E-state index is -4.08. The van der Waals surface area contributed by atoms with E-state index in [1.807, 2.05) is 0 Å². The topological polar surface area (TPSA) is 104 Å². The fraction of sp³-hybridized carbons (Fsp3) is 0.500. The van der Waals surface area contributed by atoms with Crippen molar-refractivity contribution in [2.45, 2.75) is 19.4 Å². The molecule has 0 radical (unpaired) electrons. The van der Waals surface area contributed by atoms with Gasteiger partial charge in [0.2, 0.25) is 11.8 Å². The van der Waals surface area contributed by atoms with Gasteiger partial charge in [-0.25, -0.2) is 0 Å². The Morgan fingerprint density at radius 2 is 1.70 bits per heavy atom. The van der Waals surface area contributed by atoms with Crippen LogP contribution in [0.1, 0.15) is 13.8 Å². The first-order valence-corrected chi connectivity index (χ1v) is 7.19. The molecule has 116 valence electrons. The molecule has 0 saturated heterocycles. The lowest BCUT2D eigenvalue weighted by atomic mass is 10.1. The number of likely N-dealkylation sites (N-methyl/N-ethyl adjacent to an activating group) is 1. The Balaban J connectivity index is 0. The summed E-state index contributed by atoms with van der Waals surface area (Å²) in [6, 6.07) is 0. The van der Waals surface area contributed by atoms with E-state index < -0.39 is 27.3 Å². The highest BCUT2D eigenvalue weighted by Gasteiger charge is 2.25. The molecule has 0 heterocycles. The summed E-state index contributed by atoms with van der Waals surface area (Å²) in [7, 11) is -0.716. The molecule has 0 bridgehead atoms. The molecular weight excluding hydrogens is 284 g/mol. The van der Waals surface area contributed by atoms with Gasteiger partial charge in [-0.05, 0) is 26.0 Å². The van der Waals surface area contributed by atoms with E-state index in [0.29, 0.717) is 0 Å². The molecule has 0 saturated carbocycles. The predicted octanol–water partition coefficient (Wildman–Crippen LogP) is 0.216. The number of carbonyl (C=O) groups is 2. The molecule has 20 heavy (non-hydrogen) atoms. The van der Waals surface area contributed by atoms with E-state index in [4.69, 9.17) is 4.55 Å². The largest absolute Gasteiger partial charge is 0.347 e. The third kappa shape index (κ3) is 12.8. The minimum absolute atomic E-state index is 0.0556. The lowest BCUT2D eigenvalue weighted by Gasteiger charge is -2.23. The van der Waals surface area contributed by atoms with E-state index in [9.17, 15) is 18.0 Å². The zero-order chi connectivity index (χ0) is 16.6. The Bertz CT molecular complexity index is 466. The van der Waals surface area contributed by atoms with Gasteiger partial charge in [-0.15, -0.1) is 0 Å². The van der Waals surface area contributed by atoms with Gasteiger partial charge in [0.15, 0.2) is 0 Å². The lowest BCUT2D eigenvalue weighted by molar-refractivity contribution is -0.123. The summed E-state index contributed by atoms with van der Waals surface area (Å²) in [5.41, 5.74) is -1.00. The third-order valence-electron chi connectivity index (χ3n) is 1.81. The SMILES string of the molecule is C=CC(=O)N(C)C.C=CC(=O)NC(C)(C)CS(=O)(=O)O. The van der Waals surface area contributed by atoms with Gasteiger partial charge >= 0.3 is 0 Å². The average molecular weight is 306 g/mol. The van der Waals surface area contributed by atoms with Crippen LogP contribution in [0, 0.1) is 0 Å². The van der Waals surface area contributed by atoms with Crippen LogP contribution in [0.3, 0.4) is 0 Å². The normalized spacial score (nSPS) is 10.7. The fourth-order valence-corrected chi connectivity index (χ4v) is 2.04. The molecule has 0 aliphatic carbocycles. The van der Waals surface area contributed by atoms with Gasteiger partial charge in [-0.3, -0.25) is 14.1 Å². The highest BCUT2D eigenvalue weighted by molar-refractivity contribution is 7.85. The first-order chi connectivity index (χ1) is 8.84. The van der Waals surface area contributed by atoms with E-state index >= 15 is 0 Å². The highest BCUT2D eigenvalue weighted by Crippen LogP contribution is 2.05. The van der Waals surface area contributed by atoms with E-state index in [1.165, 1.54) is 24.8 Å². The summed E-state index contributed by atoms with van der Waals surface area (Å²) in [5.74, 6) is -1.06. The molecule has 0 aliphatic heterocycles. The predicted molar refractivity (Wildman–Crippen MR) is 77.7 cm³/mol. The van der Waals surface area contributed by atoms with Gasteiger partial charge < -0.3 is 10.2 Å². The summed E-state index contributed by atoms with van der Waals surface area (Å²) >= 11 is 0. The Morgan fingerprint density at radius 3 is 1.90 bits per heavy atom. The van der Waals surface area contributed by atoms with Gasteiger partial charge in [0.25, 0.3) is 10.1 Å². The number of nitrogens with zero attached hydrogens (tertiary/aromatic N) is 1. The Morgan fingerprint density at radius 1 is 1.25 bits per heavy atom. The Hall–Kier alpha value is -1.67. The van der Waals surface area contributed by atoms with Crippen molar-refractivity contribution in [1.82, 2.24) is 10.2 Å². The van der Waals surface area contributed by atoms with E-state index in [2.05, 4.69) is 18.5 Å². The molecule has 7 nitrogen and oxygen atoms in total. The first kappa shape index (κ1) is 20.6. The molecule has 0 atom stereocenters. The number of nitrogens with one attached hydrogen (secondary N) is 1. The molecule has 0 aromatic rings. The van der Waals surface area contributed by atoms with Crippen LogP contribution < -0.4 is 5.32 Å². The summed E-state index contributed by atoms with van der Waals surface area (Å²) in [5, 5.41) is 2.37. The zero-order valence-electron chi connectivity index (χ0n) is 12.2. The molecule has 0 fully saturated rings. The molecule has 2 N–H and O–H groups in total. The maximum atomic E-state index is 10.8. The summed E-state index contributed by atoms with van der Waals surface area (Å²) in [6.07, 6.45) is 2.31. The smallest absolute Gasteiger partial charge is 0.267 e. The van der Waals surface area contributed by atoms with Crippen molar-refractivity contribution < 1.29 is 22.6 Å². The van der Waals surface area contributed by atoms with Crippen molar-refractivity contribution >= 4 is 21.9 Å². The summed E-state index contributed by atoms with van der Waals surface area (Å²) in [6.45, 7) is 9.48. The van der Waals surface area contributed by atoms with Crippen molar-refractivity contribution in [3.05, 3.63) is 25.3 Å². The first-order valence-electron chi connectivity index (χ1n) is 5.58. The third-order valence-corrected chi connectivity index (χ3v) is 2.89. The molecule has 0 aromatic heterocycles. The van der Waals surface area contributed by atoms with Crippen LogP contribution >= 0.6 is 0 Å². The second-order valence-corrected chi connectivity index (χ2v) is 6.19. The van der Waals surface area contributed by atoms with Crippen molar-refractivity contribution in [3.8, 4) is 0 Å². The van der Waals surface area contributed by atoms with Crippen molar-refractivity contribution in [2.24, 2.45) is 0 Å². The average Bonchev–Trinajstić information content (AvgIpc) is 2.24.